The lowest BCUT2D eigenvalue weighted by atomic mass is 9.93. The molecule has 1 aliphatic rings. The van der Waals surface area contributed by atoms with Crippen LogP contribution < -0.4 is 27.0 Å². The second-order valence-corrected chi connectivity index (χ2v) is 7.18. The van der Waals surface area contributed by atoms with Gasteiger partial charge in [0.15, 0.2) is 0 Å². The Morgan fingerprint density at radius 2 is 1.90 bits per heavy atom. The number of carbonyl (C=O) groups excluding carboxylic acids is 3. The number of benzene rings is 1. The predicted octanol–water partition coefficient (Wildman–Crippen LogP) is 1.01. The molecule has 0 spiro atoms. The minimum Gasteiger partial charge on any atom is -0.352 e. The first-order valence-electron chi connectivity index (χ1n) is 9.95. The third-order valence-corrected chi connectivity index (χ3v) is 5.13. The average Bonchev–Trinajstić information content (AvgIpc) is 2.72. The van der Waals surface area contributed by atoms with Crippen LogP contribution in [-0.2, 0) is 9.59 Å². The maximum absolute atomic E-state index is 12.8. The molecule has 1 aromatic rings. The van der Waals surface area contributed by atoms with Crippen molar-refractivity contribution in [3.8, 4) is 0 Å². The molecule has 29 heavy (non-hydrogen) atoms. The van der Waals surface area contributed by atoms with Crippen molar-refractivity contribution in [2.24, 2.45) is 11.7 Å². The molecule has 8 nitrogen and oxygen atoms in total. The molecular weight excluding hydrogens is 370 g/mol. The van der Waals surface area contributed by atoms with Crippen molar-refractivity contribution < 1.29 is 14.4 Å². The van der Waals surface area contributed by atoms with Crippen molar-refractivity contribution in [2.45, 2.75) is 39.2 Å². The van der Waals surface area contributed by atoms with Gasteiger partial charge in [0.25, 0.3) is 0 Å². The number of aryl methyl sites for hydroxylation is 1. The molecule has 0 bridgehead atoms. The summed E-state index contributed by atoms with van der Waals surface area (Å²) in [6.45, 7) is 5.42. The van der Waals surface area contributed by atoms with Crippen molar-refractivity contribution in [1.82, 2.24) is 21.3 Å². The van der Waals surface area contributed by atoms with E-state index in [1.165, 1.54) is 0 Å². The van der Waals surface area contributed by atoms with Gasteiger partial charge in [-0.25, -0.2) is 4.79 Å². The Bertz CT molecular complexity index is 756. The van der Waals surface area contributed by atoms with Crippen LogP contribution in [0.5, 0.6) is 0 Å². The van der Waals surface area contributed by atoms with Crippen LogP contribution in [-0.4, -0.2) is 43.6 Å². The Balaban J connectivity index is 2.13. The van der Waals surface area contributed by atoms with Crippen LogP contribution in [0.4, 0.5) is 4.79 Å². The van der Waals surface area contributed by atoms with Gasteiger partial charge in [0.05, 0.1) is 6.67 Å². The first-order valence-corrected chi connectivity index (χ1v) is 9.95. The molecule has 1 aromatic carbocycles. The van der Waals surface area contributed by atoms with Crippen LogP contribution in [0.25, 0.3) is 5.57 Å². The smallest absolute Gasteiger partial charge is 0.313 e. The van der Waals surface area contributed by atoms with Crippen molar-refractivity contribution >= 4 is 23.4 Å². The molecule has 0 unspecified atom stereocenters. The van der Waals surface area contributed by atoms with Crippen molar-refractivity contribution in [3.63, 3.8) is 0 Å². The van der Waals surface area contributed by atoms with E-state index < -0.39 is 12.1 Å². The fraction of sp³-hybridized carbons (Fsp3) is 0.476. The first kappa shape index (κ1) is 22.4. The van der Waals surface area contributed by atoms with E-state index in [9.17, 15) is 14.4 Å². The fourth-order valence-electron chi connectivity index (χ4n) is 3.46. The number of carbonyl (C=O) groups is 3. The zero-order valence-corrected chi connectivity index (χ0v) is 17.1. The van der Waals surface area contributed by atoms with Gasteiger partial charge < -0.3 is 27.0 Å². The number of hydrogen-bond donors (Lipinski definition) is 5. The molecule has 1 aliphatic heterocycles. The van der Waals surface area contributed by atoms with Gasteiger partial charge in [-0.15, -0.1) is 0 Å². The quantitative estimate of drug-likeness (QED) is 0.417. The number of urea groups is 1. The van der Waals surface area contributed by atoms with E-state index in [-0.39, 0.29) is 24.4 Å². The molecule has 4 amide bonds. The summed E-state index contributed by atoms with van der Waals surface area (Å²) < 4.78 is 0. The van der Waals surface area contributed by atoms with Crippen LogP contribution in [0, 0.1) is 12.8 Å². The molecular formula is C21H31N5O3. The number of nitrogens with two attached hydrogens (primary N) is 1. The Kier molecular flexibility index (Phi) is 8.67. The molecule has 8 heteroatoms. The lowest BCUT2D eigenvalue weighted by Crippen LogP contribution is -2.52. The van der Waals surface area contributed by atoms with Crippen LogP contribution in [0.15, 0.2) is 30.3 Å². The van der Waals surface area contributed by atoms with E-state index >= 15 is 0 Å². The summed E-state index contributed by atoms with van der Waals surface area (Å²) in [6.07, 6.45) is 3.80. The van der Waals surface area contributed by atoms with Gasteiger partial charge in [0.1, 0.15) is 6.04 Å². The number of hydrogen-bond acceptors (Lipinski definition) is 4. The summed E-state index contributed by atoms with van der Waals surface area (Å²) in [5, 5.41) is 11.1. The van der Waals surface area contributed by atoms with E-state index in [2.05, 4.69) is 21.3 Å². The zero-order valence-electron chi connectivity index (χ0n) is 17.1. The molecule has 0 aliphatic carbocycles. The lowest BCUT2D eigenvalue weighted by Gasteiger charge is -2.26. The van der Waals surface area contributed by atoms with E-state index in [4.69, 9.17) is 5.73 Å². The van der Waals surface area contributed by atoms with Gasteiger partial charge >= 0.3 is 6.03 Å². The third kappa shape index (κ3) is 6.90. The molecule has 1 fully saturated rings. The number of amides is 4. The van der Waals surface area contributed by atoms with Crippen molar-refractivity contribution in [3.05, 3.63) is 41.5 Å². The van der Waals surface area contributed by atoms with Gasteiger partial charge in [-0.3, -0.25) is 9.59 Å². The molecule has 0 radical (unpaired) electrons. The summed E-state index contributed by atoms with van der Waals surface area (Å²) in [4.78, 5) is 36.3. The van der Waals surface area contributed by atoms with E-state index in [1.54, 1.807) is 0 Å². The highest BCUT2D eigenvalue weighted by atomic mass is 16.2. The maximum Gasteiger partial charge on any atom is 0.313 e. The lowest BCUT2D eigenvalue weighted by molar-refractivity contribution is -0.131. The van der Waals surface area contributed by atoms with E-state index in [0.29, 0.717) is 6.42 Å². The first-order chi connectivity index (χ1) is 13.9. The van der Waals surface area contributed by atoms with E-state index in [1.807, 2.05) is 44.2 Å². The van der Waals surface area contributed by atoms with Crippen LogP contribution in [0.1, 0.15) is 37.3 Å². The normalized spacial score (nSPS) is 16.0. The van der Waals surface area contributed by atoms with E-state index in [0.717, 1.165) is 42.6 Å². The summed E-state index contributed by atoms with van der Waals surface area (Å²) in [5.41, 5.74) is 8.15. The molecule has 1 atom stereocenters. The monoisotopic (exact) mass is 401 g/mol. The minimum absolute atomic E-state index is 0.0938. The summed E-state index contributed by atoms with van der Waals surface area (Å²) in [5.74, 6) is -0.591. The predicted molar refractivity (Wildman–Crippen MR) is 113 cm³/mol. The molecule has 1 heterocycles. The average molecular weight is 402 g/mol. The second kappa shape index (κ2) is 11.2. The van der Waals surface area contributed by atoms with Crippen LogP contribution in [0.2, 0.25) is 0 Å². The van der Waals surface area contributed by atoms with Gasteiger partial charge in [-0.2, -0.15) is 0 Å². The number of rotatable bonds is 8. The highest BCUT2D eigenvalue weighted by Crippen LogP contribution is 2.24. The minimum atomic E-state index is -0.752. The fourth-order valence-corrected chi connectivity index (χ4v) is 3.46. The van der Waals surface area contributed by atoms with Gasteiger partial charge in [-0.05, 0) is 56.5 Å². The summed E-state index contributed by atoms with van der Waals surface area (Å²) in [7, 11) is 0. The highest BCUT2D eigenvalue weighted by Gasteiger charge is 2.27. The van der Waals surface area contributed by atoms with Crippen molar-refractivity contribution in [2.75, 3.05) is 19.8 Å². The molecule has 6 N–H and O–H groups in total. The van der Waals surface area contributed by atoms with Crippen molar-refractivity contribution in [1.29, 1.82) is 0 Å². The second-order valence-electron chi connectivity index (χ2n) is 7.18. The Hall–Kier alpha value is -2.87. The van der Waals surface area contributed by atoms with Gasteiger partial charge in [-0.1, -0.05) is 30.3 Å². The van der Waals surface area contributed by atoms with Crippen LogP contribution in [0.3, 0.4) is 0 Å². The van der Waals surface area contributed by atoms with Gasteiger partial charge in [0, 0.05) is 12.3 Å². The molecule has 2 rings (SSSR count). The maximum atomic E-state index is 12.8. The summed E-state index contributed by atoms with van der Waals surface area (Å²) in [6, 6.07) is 6.45. The highest BCUT2D eigenvalue weighted by molar-refractivity contribution is 5.90. The number of piperidine rings is 1. The molecule has 158 valence electrons. The summed E-state index contributed by atoms with van der Waals surface area (Å²) >= 11 is 0. The Labute approximate surface area is 171 Å². The molecule has 0 saturated carbocycles. The standard InChI is InChI=1S/C21H31N5O3/c1-3-15(17-7-5-4-6-14(17)2)12-18(20(28)24-13-25-21(22)29)26-19(27)16-8-10-23-11-9-16/h3-7,16,18,23H,8-13H2,1-2H3,(H,24,28)(H,26,27)(H3,22,25,29)/b15-3-/t18-/m1/s1. The SMILES string of the molecule is C/C=C(/C[C@@H](NC(=O)C1CCNCC1)C(=O)NCNC(N)=O)c1ccccc1C. The number of nitrogens with one attached hydrogen (secondary N) is 4. The topological polar surface area (TPSA) is 125 Å². The number of allylic oxidation sites excluding steroid dienone is 1. The molecule has 0 aromatic heterocycles. The Morgan fingerprint density at radius 3 is 2.52 bits per heavy atom. The zero-order chi connectivity index (χ0) is 21.2. The third-order valence-electron chi connectivity index (χ3n) is 5.13. The Morgan fingerprint density at radius 1 is 1.21 bits per heavy atom. The number of primary amides is 1. The largest absolute Gasteiger partial charge is 0.352 e. The van der Waals surface area contributed by atoms with Crippen LogP contribution >= 0.6 is 0 Å². The van der Waals surface area contributed by atoms with Gasteiger partial charge in [0.2, 0.25) is 11.8 Å². The molecule has 1 saturated heterocycles.